The highest BCUT2D eigenvalue weighted by atomic mass is 35.5. The Morgan fingerprint density at radius 2 is 2.10 bits per heavy atom. The lowest BCUT2D eigenvalue weighted by Gasteiger charge is -2.21. The highest BCUT2D eigenvalue weighted by molar-refractivity contribution is 6.29. The third-order valence-corrected chi connectivity index (χ3v) is 3.18. The maximum atomic E-state index is 11.5. The van der Waals surface area contributed by atoms with Crippen molar-refractivity contribution in [3.63, 3.8) is 0 Å². The van der Waals surface area contributed by atoms with Crippen LogP contribution < -0.4 is 20.5 Å². The molecule has 21 heavy (non-hydrogen) atoms. The number of amides is 1. The first-order chi connectivity index (χ1) is 10.1. The molecule has 0 fully saturated rings. The number of ether oxygens (including phenoxy) is 2. The Morgan fingerprint density at radius 3 is 2.90 bits per heavy atom. The largest absolute Gasteiger partial charge is 0.486 e. The summed E-state index contributed by atoms with van der Waals surface area (Å²) < 4.78 is 11.1. The van der Waals surface area contributed by atoms with Crippen molar-refractivity contribution in [2.45, 2.75) is 0 Å². The van der Waals surface area contributed by atoms with E-state index < -0.39 is 5.91 Å². The normalized spacial score (nSPS) is 12.8. The first-order valence-electron chi connectivity index (χ1n) is 6.26. The van der Waals surface area contributed by atoms with Crippen molar-refractivity contribution in [3.05, 3.63) is 41.2 Å². The quantitative estimate of drug-likeness (QED) is 0.850. The van der Waals surface area contributed by atoms with Crippen LogP contribution in [0.15, 0.2) is 30.5 Å². The van der Waals surface area contributed by atoms with E-state index in [9.17, 15) is 4.79 Å². The first kappa shape index (κ1) is 13.5. The van der Waals surface area contributed by atoms with Crippen LogP contribution in [0.25, 0.3) is 0 Å². The number of hydrogen-bond donors (Lipinski definition) is 2. The molecule has 0 atom stereocenters. The predicted molar refractivity (Wildman–Crippen MR) is 78.5 cm³/mol. The lowest BCUT2D eigenvalue weighted by atomic mass is 10.2. The minimum atomic E-state index is -0.594. The van der Waals surface area contributed by atoms with Crippen molar-refractivity contribution < 1.29 is 14.3 Å². The van der Waals surface area contributed by atoms with Gasteiger partial charge < -0.3 is 20.5 Å². The summed E-state index contributed by atoms with van der Waals surface area (Å²) in [5.74, 6) is 0.641. The number of hydrogen-bond acceptors (Lipinski definition) is 5. The number of primary amides is 1. The van der Waals surface area contributed by atoms with Gasteiger partial charge in [-0.25, -0.2) is 4.98 Å². The van der Waals surface area contributed by atoms with Crippen molar-refractivity contribution in [2.75, 3.05) is 18.5 Å². The zero-order chi connectivity index (χ0) is 14.8. The van der Waals surface area contributed by atoms with Gasteiger partial charge in [0, 0.05) is 6.20 Å². The van der Waals surface area contributed by atoms with E-state index in [4.69, 9.17) is 26.8 Å². The van der Waals surface area contributed by atoms with E-state index in [-0.39, 0.29) is 10.7 Å². The monoisotopic (exact) mass is 305 g/mol. The molecule has 3 rings (SSSR count). The van der Waals surface area contributed by atoms with Gasteiger partial charge in [-0.1, -0.05) is 17.7 Å². The average Bonchev–Trinajstić information content (AvgIpc) is 2.47. The number of fused-ring (bicyclic) bond motifs is 1. The van der Waals surface area contributed by atoms with Gasteiger partial charge in [-0.2, -0.15) is 0 Å². The van der Waals surface area contributed by atoms with Crippen molar-refractivity contribution in [1.82, 2.24) is 4.98 Å². The molecule has 1 amide bonds. The molecule has 2 aromatic rings. The van der Waals surface area contributed by atoms with Gasteiger partial charge in [0.05, 0.1) is 16.9 Å². The molecule has 0 saturated carbocycles. The summed E-state index contributed by atoms with van der Waals surface area (Å²) in [6.45, 7) is 0.968. The fraction of sp³-hybridized carbons (Fsp3) is 0.143. The van der Waals surface area contributed by atoms with Crippen molar-refractivity contribution in [1.29, 1.82) is 0 Å². The van der Waals surface area contributed by atoms with Crippen molar-refractivity contribution in [2.24, 2.45) is 5.73 Å². The van der Waals surface area contributed by atoms with Crippen molar-refractivity contribution in [3.8, 4) is 11.5 Å². The van der Waals surface area contributed by atoms with Gasteiger partial charge >= 0.3 is 0 Å². The smallest absolute Gasteiger partial charge is 0.252 e. The number of nitrogens with zero attached hydrogens (tertiary/aromatic N) is 1. The maximum Gasteiger partial charge on any atom is 0.252 e. The summed E-state index contributed by atoms with van der Waals surface area (Å²) in [4.78, 5) is 15.3. The van der Waals surface area contributed by atoms with Gasteiger partial charge in [-0.05, 0) is 18.2 Å². The average molecular weight is 306 g/mol. The Labute approximate surface area is 125 Å². The van der Waals surface area contributed by atoms with E-state index in [1.165, 1.54) is 12.3 Å². The number of nitrogens with two attached hydrogens (primary N) is 1. The fourth-order valence-corrected chi connectivity index (χ4v) is 2.20. The second kappa shape index (κ2) is 5.49. The number of halogens is 1. The second-order valence-corrected chi connectivity index (χ2v) is 4.76. The topological polar surface area (TPSA) is 86.5 Å². The van der Waals surface area contributed by atoms with Crippen LogP contribution in [0.1, 0.15) is 10.4 Å². The van der Waals surface area contributed by atoms with Gasteiger partial charge in [-0.15, -0.1) is 0 Å². The van der Waals surface area contributed by atoms with Crippen LogP contribution in [0.4, 0.5) is 11.4 Å². The van der Waals surface area contributed by atoms with Crippen LogP contribution in [0.2, 0.25) is 5.15 Å². The Kier molecular flexibility index (Phi) is 3.53. The molecule has 7 heteroatoms. The van der Waals surface area contributed by atoms with Gasteiger partial charge in [0.25, 0.3) is 5.91 Å². The Balaban J connectivity index is 2.01. The number of para-hydroxylation sites is 1. The number of pyridine rings is 1. The molecule has 0 spiro atoms. The Morgan fingerprint density at radius 1 is 1.29 bits per heavy atom. The van der Waals surface area contributed by atoms with Gasteiger partial charge in [0.1, 0.15) is 18.4 Å². The number of rotatable bonds is 3. The number of carbonyl (C=O) groups is 1. The summed E-state index contributed by atoms with van der Waals surface area (Å²) >= 11 is 5.87. The van der Waals surface area contributed by atoms with Crippen LogP contribution >= 0.6 is 11.6 Å². The van der Waals surface area contributed by atoms with Crippen molar-refractivity contribution >= 4 is 28.9 Å². The van der Waals surface area contributed by atoms with E-state index in [1.807, 2.05) is 18.2 Å². The maximum absolute atomic E-state index is 11.5. The molecule has 1 aliphatic heterocycles. The number of carbonyl (C=O) groups excluding carboxylic acids is 1. The van der Waals surface area contributed by atoms with Crippen LogP contribution in [0.5, 0.6) is 11.5 Å². The van der Waals surface area contributed by atoms with Gasteiger partial charge in [0.2, 0.25) is 0 Å². The summed E-state index contributed by atoms with van der Waals surface area (Å²) in [6.07, 6.45) is 1.33. The molecule has 0 unspecified atom stereocenters. The van der Waals surface area contributed by atoms with Crippen LogP contribution in [0.3, 0.4) is 0 Å². The Hall–Kier alpha value is -2.47. The minimum Gasteiger partial charge on any atom is -0.486 e. The number of benzene rings is 1. The molecule has 0 aliphatic carbocycles. The SMILES string of the molecule is NC(=O)c1cnc(Cl)cc1Nc1cccc2c1OCCO2. The molecule has 1 aromatic carbocycles. The number of nitrogens with one attached hydrogen (secondary N) is 1. The lowest BCUT2D eigenvalue weighted by molar-refractivity contribution is 0.100. The van der Waals surface area contributed by atoms with Crippen LogP contribution in [0, 0.1) is 0 Å². The van der Waals surface area contributed by atoms with Crippen LogP contribution in [-0.2, 0) is 0 Å². The molecule has 0 saturated heterocycles. The van der Waals surface area contributed by atoms with E-state index in [1.54, 1.807) is 0 Å². The molecular formula is C14H12ClN3O3. The molecule has 0 bridgehead atoms. The number of anilines is 2. The molecule has 108 valence electrons. The molecule has 6 nitrogen and oxygen atoms in total. The molecule has 3 N–H and O–H groups in total. The van der Waals surface area contributed by atoms with E-state index in [0.717, 1.165) is 0 Å². The standard InChI is InChI=1S/C14H12ClN3O3/c15-12-6-10(8(7-17-12)14(16)19)18-9-2-1-3-11-13(9)21-5-4-20-11/h1-3,6-7H,4-5H2,(H2,16,19)(H,17,18). The van der Waals surface area contributed by atoms with Crippen LogP contribution in [-0.4, -0.2) is 24.1 Å². The zero-order valence-corrected chi connectivity index (χ0v) is 11.7. The third-order valence-electron chi connectivity index (χ3n) is 2.97. The van der Waals surface area contributed by atoms with E-state index in [0.29, 0.717) is 36.1 Å². The Bertz CT molecular complexity index is 706. The summed E-state index contributed by atoms with van der Waals surface area (Å²) in [6, 6.07) is 6.98. The zero-order valence-electron chi connectivity index (χ0n) is 10.9. The predicted octanol–water partition coefficient (Wildman–Crippen LogP) is 2.35. The molecule has 1 aromatic heterocycles. The van der Waals surface area contributed by atoms with E-state index >= 15 is 0 Å². The van der Waals surface area contributed by atoms with E-state index in [2.05, 4.69) is 10.3 Å². The number of aromatic nitrogens is 1. The second-order valence-electron chi connectivity index (χ2n) is 4.37. The fourth-order valence-electron chi connectivity index (χ4n) is 2.05. The third kappa shape index (κ3) is 2.71. The van der Waals surface area contributed by atoms with Gasteiger partial charge in [0.15, 0.2) is 11.5 Å². The summed E-state index contributed by atoms with van der Waals surface area (Å²) in [5, 5.41) is 3.35. The van der Waals surface area contributed by atoms with Gasteiger partial charge in [-0.3, -0.25) is 4.79 Å². The molecule has 2 heterocycles. The first-order valence-corrected chi connectivity index (χ1v) is 6.64. The minimum absolute atomic E-state index is 0.244. The molecular weight excluding hydrogens is 294 g/mol. The molecule has 0 radical (unpaired) electrons. The molecule has 1 aliphatic rings. The summed E-state index contributed by atoms with van der Waals surface area (Å²) in [7, 11) is 0. The lowest BCUT2D eigenvalue weighted by Crippen LogP contribution is -2.17. The highest BCUT2D eigenvalue weighted by Crippen LogP contribution is 2.39. The highest BCUT2D eigenvalue weighted by Gasteiger charge is 2.17. The summed E-state index contributed by atoms with van der Waals surface area (Å²) in [5.41, 5.74) is 6.71.